The van der Waals surface area contributed by atoms with Crippen LogP contribution in [0.5, 0.6) is 0 Å². The third-order valence-electron chi connectivity index (χ3n) is 2.06. The number of methoxy groups -OCH3 is 1. The molecular weight excluding hydrogens is 172 g/mol. The molecule has 0 saturated carbocycles. The summed E-state index contributed by atoms with van der Waals surface area (Å²) in [5.41, 5.74) is 2.94. The largest absolute Gasteiger partial charge is 0.388 e. The van der Waals surface area contributed by atoms with Crippen molar-refractivity contribution in [3.05, 3.63) is 35.4 Å². The van der Waals surface area contributed by atoms with Gasteiger partial charge in [0.15, 0.2) is 0 Å². The molecule has 1 aromatic carbocycles. The van der Waals surface area contributed by atoms with Gasteiger partial charge in [-0.3, -0.25) is 0 Å². The van der Waals surface area contributed by atoms with Gasteiger partial charge in [0, 0.05) is 14.2 Å². The molecule has 0 aromatic heterocycles. The molecule has 0 spiro atoms. The molecule has 0 radical (unpaired) electrons. The zero-order valence-corrected chi connectivity index (χ0v) is 9.84. The highest BCUT2D eigenvalue weighted by Gasteiger charge is 1.94. The third-order valence-corrected chi connectivity index (χ3v) is 2.06. The van der Waals surface area contributed by atoms with Gasteiger partial charge in [-0.15, -0.1) is 0 Å². The molecular formula is C13H22O. The van der Waals surface area contributed by atoms with Crippen LogP contribution in [0.25, 0.3) is 0 Å². The van der Waals surface area contributed by atoms with Crippen LogP contribution in [0.2, 0.25) is 0 Å². The smallest absolute Gasteiger partial charge is 0.0351 e. The highest BCUT2D eigenvalue weighted by atomic mass is 16.4. The summed E-state index contributed by atoms with van der Waals surface area (Å²) in [6, 6.07) is 8.64. The Kier molecular flexibility index (Phi) is 8.25. The Morgan fingerprint density at radius 3 is 2.21 bits per heavy atom. The van der Waals surface area contributed by atoms with E-state index >= 15 is 0 Å². The highest BCUT2D eigenvalue weighted by Crippen LogP contribution is 2.09. The van der Waals surface area contributed by atoms with Crippen LogP contribution in [-0.2, 0) is 11.2 Å². The molecule has 0 amide bonds. The van der Waals surface area contributed by atoms with Crippen molar-refractivity contribution in [3.63, 3.8) is 0 Å². The molecule has 0 heterocycles. The number of unbranched alkanes of at least 4 members (excludes halogenated alkanes) is 1. The van der Waals surface area contributed by atoms with Gasteiger partial charge in [-0.25, -0.2) is 0 Å². The Bertz CT molecular complexity index is 230. The summed E-state index contributed by atoms with van der Waals surface area (Å²) in [4.78, 5) is 0. The van der Waals surface area contributed by atoms with Gasteiger partial charge >= 0.3 is 0 Å². The molecule has 0 fully saturated rings. The minimum absolute atomic E-state index is 1.24. The highest BCUT2D eigenvalue weighted by molar-refractivity contribution is 5.25. The van der Waals surface area contributed by atoms with E-state index in [2.05, 4.69) is 42.8 Å². The third kappa shape index (κ3) is 5.76. The summed E-state index contributed by atoms with van der Waals surface area (Å²) in [7, 11) is 3.25. The monoisotopic (exact) mass is 194 g/mol. The maximum atomic E-state index is 4.25. The summed E-state index contributed by atoms with van der Waals surface area (Å²) in [5.74, 6) is 0. The summed E-state index contributed by atoms with van der Waals surface area (Å²) >= 11 is 0. The average Bonchev–Trinajstić information content (AvgIpc) is 2.18. The van der Waals surface area contributed by atoms with Crippen molar-refractivity contribution in [3.8, 4) is 0 Å². The Hall–Kier alpha value is -0.820. The number of aryl methyl sites for hydroxylation is 2. The van der Waals surface area contributed by atoms with E-state index in [1.165, 1.54) is 30.4 Å². The van der Waals surface area contributed by atoms with E-state index in [1.54, 1.807) is 14.2 Å². The van der Waals surface area contributed by atoms with E-state index in [9.17, 15) is 0 Å². The van der Waals surface area contributed by atoms with Crippen LogP contribution in [0.15, 0.2) is 24.3 Å². The van der Waals surface area contributed by atoms with Crippen LogP contribution >= 0.6 is 0 Å². The minimum atomic E-state index is 1.24. The topological polar surface area (TPSA) is 9.23 Å². The number of hydrogen-bond acceptors (Lipinski definition) is 1. The van der Waals surface area contributed by atoms with Gasteiger partial charge in [0.1, 0.15) is 0 Å². The zero-order chi connectivity index (χ0) is 10.8. The molecule has 0 atom stereocenters. The van der Waals surface area contributed by atoms with Gasteiger partial charge < -0.3 is 4.74 Å². The first-order valence-electron chi connectivity index (χ1n) is 5.20. The predicted octanol–water partition coefficient (Wildman–Crippen LogP) is 3.60. The van der Waals surface area contributed by atoms with Gasteiger partial charge in [0.25, 0.3) is 0 Å². The Balaban J connectivity index is 0.000000500. The fourth-order valence-electron chi connectivity index (χ4n) is 1.26. The molecule has 1 aromatic rings. The zero-order valence-electron chi connectivity index (χ0n) is 9.84. The van der Waals surface area contributed by atoms with Crippen LogP contribution in [0.4, 0.5) is 0 Å². The van der Waals surface area contributed by atoms with E-state index < -0.39 is 0 Å². The van der Waals surface area contributed by atoms with Gasteiger partial charge in [-0.2, -0.15) is 0 Å². The molecule has 0 aliphatic rings. The number of rotatable bonds is 3. The Labute approximate surface area is 88.1 Å². The number of ether oxygens (including phenoxy) is 1. The second kappa shape index (κ2) is 8.76. The molecule has 80 valence electrons. The molecule has 0 aliphatic carbocycles. The maximum Gasteiger partial charge on any atom is 0.0351 e. The molecule has 0 saturated heterocycles. The van der Waals surface area contributed by atoms with Crippen molar-refractivity contribution in [2.45, 2.75) is 33.1 Å². The fourth-order valence-corrected chi connectivity index (χ4v) is 1.26. The lowest BCUT2D eigenvalue weighted by Gasteiger charge is -2.02. The second-order valence-electron chi connectivity index (χ2n) is 3.44. The summed E-state index contributed by atoms with van der Waals surface area (Å²) < 4.78 is 4.25. The lowest BCUT2D eigenvalue weighted by Crippen LogP contribution is -1.87. The van der Waals surface area contributed by atoms with Gasteiger partial charge in [0.2, 0.25) is 0 Å². The van der Waals surface area contributed by atoms with E-state index in [-0.39, 0.29) is 0 Å². The van der Waals surface area contributed by atoms with E-state index in [0.29, 0.717) is 0 Å². The van der Waals surface area contributed by atoms with Gasteiger partial charge in [-0.1, -0.05) is 37.6 Å². The maximum absolute atomic E-state index is 4.25. The van der Waals surface area contributed by atoms with Crippen molar-refractivity contribution < 1.29 is 4.74 Å². The van der Waals surface area contributed by atoms with E-state index in [0.717, 1.165) is 0 Å². The standard InChI is InChI=1S/C11H16.C2H6O/c1-3-4-8-11-9-6-5-7-10(11)2;1-3-2/h5-7,9H,3-4,8H2,1-2H3;1-2H3. The van der Waals surface area contributed by atoms with Crippen LogP contribution in [-0.4, -0.2) is 14.2 Å². The summed E-state index contributed by atoms with van der Waals surface area (Å²) in [6.07, 6.45) is 3.84. The van der Waals surface area contributed by atoms with Gasteiger partial charge in [0.05, 0.1) is 0 Å². The summed E-state index contributed by atoms with van der Waals surface area (Å²) in [5, 5.41) is 0. The van der Waals surface area contributed by atoms with Crippen molar-refractivity contribution in [2.75, 3.05) is 14.2 Å². The second-order valence-corrected chi connectivity index (χ2v) is 3.44. The van der Waals surface area contributed by atoms with Crippen molar-refractivity contribution >= 4 is 0 Å². The van der Waals surface area contributed by atoms with Crippen molar-refractivity contribution in [1.29, 1.82) is 0 Å². The van der Waals surface area contributed by atoms with Crippen LogP contribution in [0.1, 0.15) is 30.9 Å². The van der Waals surface area contributed by atoms with E-state index in [1.807, 2.05) is 0 Å². The first kappa shape index (κ1) is 13.2. The molecule has 0 unspecified atom stereocenters. The fraction of sp³-hybridized carbons (Fsp3) is 0.538. The summed E-state index contributed by atoms with van der Waals surface area (Å²) in [6.45, 7) is 4.42. The lowest BCUT2D eigenvalue weighted by atomic mass is 10.0. The normalized spacial score (nSPS) is 9.14. The number of benzene rings is 1. The average molecular weight is 194 g/mol. The quantitative estimate of drug-likeness (QED) is 0.714. The lowest BCUT2D eigenvalue weighted by molar-refractivity contribution is 0.277. The molecule has 0 bridgehead atoms. The SMILES string of the molecule is CCCCc1ccccc1C.COC. The molecule has 1 heteroatoms. The van der Waals surface area contributed by atoms with Gasteiger partial charge in [-0.05, 0) is 30.9 Å². The molecule has 0 aliphatic heterocycles. The molecule has 0 N–H and O–H groups in total. The Morgan fingerprint density at radius 1 is 1.14 bits per heavy atom. The molecule has 1 rings (SSSR count). The first-order valence-corrected chi connectivity index (χ1v) is 5.20. The van der Waals surface area contributed by atoms with Crippen molar-refractivity contribution in [1.82, 2.24) is 0 Å². The first-order chi connectivity index (χ1) is 6.76. The number of hydrogen-bond donors (Lipinski definition) is 0. The van der Waals surface area contributed by atoms with Crippen LogP contribution in [0.3, 0.4) is 0 Å². The van der Waals surface area contributed by atoms with Crippen LogP contribution in [0, 0.1) is 6.92 Å². The molecule has 14 heavy (non-hydrogen) atoms. The Morgan fingerprint density at radius 2 is 1.71 bits per heavy atom. The van der Waals surface area contributed by atoms with Crippen molar-refractivity contribution in [2.24, 2.45) is 0 Å². The molecule has 1 nitrogen and oxygen atoms in total. The van der Waals surface area contributed by atoms with E-state index in [4.69, 9.17) is 0 Å². The van der Waals surface area contributed by atoms with Crippen LogP contribution < -0.4 is 0 Å². The predicted molar refractivity (Wildman–Crippen MR) is 62.7 cm³/mol. The minimum Gasteiger partial charge on any atom is -0.388 e.